The van der Waals surface area contributed by atoms with Gasteiger partial charge in [-0.25, -0.2) is 0 Å². The molecule has 1 aromatic rings. The van der Waals surface area contributed by atoms with Crippen LogP contribution in [0.2, 0.25) is 0 Å². The van der Waals surface area contributed by atoms with Crippen molar-refractivity contribution in [1.29, 1.82) is 0 Å². The molecule has 1 aliphatic carbocycles. The van der Waals surface area contributed by atoms with E-state index in [0.29, 0.717) is 36.9 Å². The summed E-state index contributed by atoms with van der Waals surface area (Å²) < 4.78 is 5.66. The Labute approximate surface area is 148 Å². The molecule has 1 N–H and O–H groups in total. The van der Waals surface area contributed by atoms with Gasteiger partial charge in [0.15, 0.2) is 0 Å². The van der Waals surface area contributed by atoms with Crippen LogP contribution < -0.4 is 4.74 Å². The fourth-order valence-corrected chi connectivity index (χ4v) is 3.46. The average Bonchev–Trinajstić information content (AvgIpc) is 3.32. The lowest BCUT2D eigenvalue weighted by molar-refractivity contribution is -0.142. The zero-order valence-electron chi connectivity index (χ0n) is 14.8. The number of rotatable bonds is 6. The number of hydrogen-bond acceptors (Lipinski definition) is 3. The Kier molecular flexibility index (Phi) is 5.11. The third kappa shape index (κ3) is 4.21. The predicted molar refractivity (Wildman–Crippen MR) is 94.6 cm³/mol. The van der Waals surface area contributed by atoms with E-state index in [9.17, 15) is 14.7 Å². The van der Waals surface area contributed by atoms with Crippen molar-refractivity contribution < 1.29 is 19.4 Å². The summed E-state index contributed by atoms with van der Waals surface area (Å²) in [4.78, 5) is 26.0. The molecule has 3 rings (SSSR count). The zero-order valence-corrected chi connectivity index (χ0v) is 14.8. The fourth-order valence-electron chi connectivity index (χ4n) is 3.46. The van der Waals surface area contributed by atoms with Crippen LogP contribution in [0.15, 0.2) is 35.9 Å². The Morgan fingerprint density at radius 3 is 2.68 bits per heavy atom. The van der Waals surface area contributed by atoms with E-state index in [0.717, 1.165) is 12.8 Å². The number of hydrogen-bond donors (Lipinski definition) is 1. The second-order valence-corrected chi connectivity index (χ2v) is 7.28. The Balaban J connectivity index is 1.68. The smallest absolute Gasteiger partial charge is 0.308 e. The van der Waals surface area contributed by atoms with E-state index in [1.807, 2.05) is 26.0 Å². The quantitative estimate of drug-likeness (QED) is 0.806. The largest absolute Gasteiger partial charge is 0.490 e. The molecular formula is C20H25NO4. The van der Waals surface area contributed by atoms with Crippen LogP contribution >= 0.6 is 0 Å². The first kappa shape index (κ1) is 17.5. The highest BCUT2D eigenvalue weighted by Gasteiger charge is 2.46. The molecule has 0 aromatic heterocycles. The standard InChI is InChI=1S/C20H25NO4/c1-13(2)8-9-25-16-5-3-4-15(10-16)19(22)21-11-17(14-6-7-14)18(12-21)20(23)24/h3-5,8,10,14,17-18H,6-7,9,11-12H2,1-2H3,(H,23,24)/t17-,18+/m1/s1. The number of carboxylic acid groups (broad SMARTS) is 1. The minimum atomic E-state index is -0.786. The first-order valence-corrected chi connectivity index (χ1v) is 8.84. The van der Waals surface area contributed by atoms with Crippen molar-refractivity contribution in [1.82, 2.24) is 4.90 Å². The number of benzene rings is 1. The van der Waals surface area contributed by atoms with Crippen molar-refractivity contribution in [2.75, 3.05) is 19.7 Å². The van der Waals surface area contributed by atoms with Gasteiger partial charge in [-0.1, -0.05) is 11.6 Å². The van der Waals surface area contributed by atoms with Gasteiger partial charge in [-0.15, -0.1) is 0 Å². The number of carbonyl (C=O) groups excluding carboxylic acids is 1. The predicted octanol–water partition coefficient (Wildman–Crippen LogP) is 3.21. The van der Waals surface area contributed by atoms with Crippen LogP contribution in [0.1, 0.15) is 37.0 Å². The summed E-state index contributed by atoms with van der Waals surface area (Å²) in [5.74, 6) is -0.117. The summed E-state index contributed by atoms with van der Waals surface area (Å²) in [6.45, 7) is 5.33. The lowest BCUT2D eigenvalue weighted by Gasteiger charge is -2.17. The van der Waals surface area contributed by atoms with Crippen LogP contribution in [0.5, 0.6) is 5.75 Å². The maximum atomic E-state index is 12.8. The van der Waals surface area contributed by atoms with Crippen molar-refractivity contribution in [2.24, 2.45) is 17.8 Å². The lowest BCUT2D eigenvalue weighted by atomic mass is 9.92. The van der Waals surface area contributed by atoms with Crippen molar-refractivity contribution in [3.05, 3.63) is 41.5 Å². The minimum Gasteiger partial charge on any atom is -0.490 e. The molecular weight excluding hydrogens is 318 g/mol. The summed E-state index contributed by atoms with van der Waals surface area (Å²) in [7, 11) is 0. The average molecular weight is 343 g/mol. The molecule has 0 radical (unpaired) electrons. The normalized spacial score (nSPS) is 22.6. The van der Waals surface area contributed by atoms with Crippen LogP contribution in [0, 0.1) is 17.8 Å². The fraction of sp³-hybridized carbons (Fsp3) is 0.500. The number of allylic oxidation sites excluding steroid dienone is 1. The molecule has 1 amide bonds. The number of carboxylic acids is 1. The van der Waals surface area contributed by atoms with E-state index >= 15 is 0 Å². The van der Waals surface area contributed by atoms with E-state index in [4.69, 9.17) is 4.74 Å². The van der Waals surface area contributed by atoms with Gasteiger partial charge in [-0.3, -0.25) is 9.59 Å². The zero-order chi connectivity index (χ0) is 18.0. The van der Waals surface area contributed by atoms with Crippen LogP contribution in [0.3, 0.4) is 0 Å². The molecule has 134 valence electrons. The van der Waals surface area contributed by atoms with Crippen molar-refractivity contribution >= 4 is 11.9 Å². The summed E-state index contributed by atoms with van der Waals surface area (Å²) in [5.41, 5.74) is 1.73. The molecule has 0 spiro atoms. The molecule has 2 aliphatic rings. The lowest BCUT2D eigenvalue weighted by Crippen LogP contribution is -2.29. The number of likely N-dealkylation sites (tertiary alicyclic amines) is 1. The van der Waals surface area contributed by atoms with E-state index < -0.39 is 11.9 Å². The van der Waals surface area contributed by atoms with Gasteiger partial charge in [0.25, 0.3) is 5.91 Å². The SMILES string of the molecule is CC(C)=CCOc1cccc(C(=O)N2C[C@H](C(=O)O)[C@@H](C3CC3)C2)c1. The minimum absolute atomic E-state index is 0.0959. The molecule has 1 aromatic carbocycles. The highest BCUT2D eigenvalue weighted by Crippen LogP contribution is 2.44. The topological polar surface area (TPSA) is 66.8 Å². The van der Waals surface area contributed by atoms with Gasteiger partial charge < -0.3 is 14.7 Å². The number of aliphatic carboxylic acids is 1. The number of nitrogens with zero attached hydrogens (tertiary/aromatic N) is 1. The highest BCUT2D eigenvalue weighted by atomic mass is 16.5. The van der Waals surface area contributed by atoms with Crippen LogP contribution in [-0.2, 0) is 4.79 Å². The molecule has 2 atom stereocenters. The van der Waals surface area contributed by atoms with Crippen molar-refractivity contribution in [3.8, 4) is 5.75 Å². The van der Waals surface area contributed by atoms with E-state index in [1.54, 1.807) is 23.1 Å². The summed E-state index contributed by atoms with van der Waals surface area (Å²) in [6.07, 6.45) is 4.15. The molecule has 25 heavy (non-hydrogen) atoms. The summed E-state index contributed by atoms with van der Waals surface area (Å²) in [6, 6.07) is 7.12. The summed E-state index contributed by atoms with van der Waals surface area (Å²) in [5, 5.41) is 9.45. The van der Waals surface area contributed by atoms with Gasteiger partial charge in [-0.05, 0) is 62.8 Å². The molecule has 1 saturated carbocycles. The monoisotopic (exact) mass is 343 g/mol. The van der Waals surface area contributed by atoms with Gasteiger partial charge in [-0.2, -0.15) is 0 Å². The van der Waals surface area contributed by atoms with Gasteiger partial charge >= 0.3 is 5.97 Å². The van der Waals surface area contributed by atoms with Gasteiger partial charge in [0.05, 0.1) is 5.92 Å². The second-order valence-electron chi connectivity index (χ2n) is 7.28. The van der Waals surface area contributed by atoms with Crippen LogP contribution in [-0.4, -0.2) is 41.6 Å². The first-order valence-electron chi connectivity index (χ1n) is 8.84. The maximum absolute atomic E-state index is 12.8. The molecule has 2 fully saturated rings. The van der Waals surface area contributed by atoms with Gasteiger partial charge in [0, 0.05) is 18.7 Å². The van der Waals surface area contributed by atoms with Gasteiger partial charge in [0.1, 0.15) is 12.4 Å². The van der Waals surface area contributed by atoms with Crippen LogP contribution in [0.4, 0.5) is 0 Å². The molecule has 1 aliphatic heterocycles. The molecule has 1 saturated heterocycles. The van der Waals surface area contributed by atoms with E-state index in [1.165, 1.54) is 5.57 Å². The highest BCUT2D eigenvalue weighted by molar-refractivity contribution is 5.95. The Hall–Kier alpha value is -2.30. The molecule has 0 unspecified atom stereocenters. The third-order valence-electron chi connectivity index (χ3n) is 5.02. The maximum Gasteiger partial charge on any atom is 0.308 e. The molecule has 5 nitrogen and oxygen atoms in total. The van der Waals surface area contributed by atoms with E-state index in [2.05, 4.69) is 0 Å². The number of carbonyl (C=O) groups is 2. The Bertz CT molecular complexity index is 689. The Morgan fingerprint density at radius 2 is 2.04 bits per heavy atom. The molecule has 0 bridgehead atoms. The Morgan fingerprint density at radius 1 is 1.28 bits per heavy atom. The third-order valence-corrected chi connectivity index (χ3v) is 5.02. The number of amides is 1. The van der Waals surface area contributed by atoms with Gasteiger partial charge in [0.2, 0.25) is 0 Å². The van der Waals surface area contributed by atoms with Crippen molar-refractivity contribution in [2.45, 2.75) is 26.7 Å². The molecule has 1 heterocycles. The second kappa shape index (κ2) is 7.30. The summed E-state index contributed by atoms with van der Waals surface area (Å²) >= 11 is 0. The van der Waals surface area contributed by atoms with E-state index in [-0.39, 0.29) is 11.8 Å². The van der Waals surface area contributed by atoms with Crippen molar-refractivity contribution in [3.63, 3.8) is 0 Å². The molecule has 5 heteroatoms. The number of ether oxygens (including phenoxy) is 1. The first-order chi connectivity index (χ1) is 12.0. The van der Waals surface area contributed by atoms with Crippen LogP contribution in [0.25, 0.3) is 0 Å².